The molecule has 170 valence electrons. The maximum atomic E-state index is 14.2. The summed E-state index contributed by atoms with van der Waals surface area (Å²) in [7, 11) is 0. The second-order valence-electron chi connectivity index (χ2n) is 8.39. The molecule has 1 fully saturated rings. The van der Waals surface area contributed by atoms with Crippen LogP contribution in [0.5, 0.6) is 5.75 Å². The van der Waals surface area contributed by atoms with Gasteiger partial charge in [0.25, 0.3) is 11.8 Å². The molecule has 1 aromatic carbocycles. The number of ketones is 1. The number of ether oxygens (including phenoxy) is 1. The van der Waals surface area contributed by atoms with Crippen LogP contribution < -0.4 is 15.4 Å². The minimum atomic E-state index is -0.725. The van der Waals surface area contributed by atoms with Crippen molar-refractivity contribution < 1.29 is 23.5 Å². The number of nitrogens with zero attached hydrogens (tertiary/aromatic N) is 3. The van der Waals surface area contributed by atoms with Crippen molar-refractivity contribution in [1.82, 2.24) is 25.2 Å². The zero-order valence-corrected chi connectivity index (χ0v) is 17.8. The molecule has 9 nitrogen and oxygen atoms in total. The summed E-state index contributed by atoms with van der Waals surface area (Å²) in [5.41, 5.74) is 1.30. The number of benzene rings is 1. The molecule has 10 heteroatoms. The fraction of sp³-hybridized carbons (Fsp3) is 0.348. The Kier molecular flexibility index (Phi) is 5.49. The van der Waals surface area contributed by atoms with Gasteiger partial charge in [0, 0.05) is 31.1 Å². The SMILES string of the molecule is O=C1COc2ccc(CNC(=O)c3cc(C(=O)NCC4CCC4)n4ncc(F)c4n3)cc2C1. The maximum absolute atomic E-state index is 14.2. The third kappa shape index (κ3) is 4.28. The Bertz CT molecular complexity index is 1270. The summed E-state index contributed by atoms with van der Waals surface area (Å²) in [5, 5.41) is 9.46. The molecule has 1 aliphatic heterocycles. The van der Waals surface area contributed by atoms with Crippen LogP contribution in [0.4, 0.5) is 4.39 Å². The van der Waals surface area contributed by atoms with Crippen LogP contribution in [0.25, 0.3) is 5.65 Å². The van der Waals surface area contributed by atoms with Crippen molar-refractivity contribution in [3.63, 3.8) is 0 Å². The molecule has 0 atom stereocenters. The first-order chi connectivity index (χ1) is 16.0. The van der Waals surface area contributed by atoms with Gasteiger partial charge in [0.15, 0.2) is 17.2 Å². The maximum Gasteiger partial charge on any atom is 0.270 e. The summed E-state index contributed by atoms with van der Waals surface area (Å²) in [6, 6.07) is 6.67. The Morgan fingerprint density at radius 1 is 1.18 bits per heavy atom. The average Bonchev–Trinajstić information content (AvgIpc) is 3.16. The van der Waals surface area contributed by atoms with Crippen molar-refractivity contribution in [3.8, 4) is 5.75 Å². The summed E-state index contributed by atoms with van der Waals surface area (Å²) >= 11 is 0. The summed E-state index contributed by atoms with van der Waals surface area (Å²) in [5.74, 6) is -0.627. The van der Waals surface area contributed by atoms with E-state index in [-0.39, 0.29) is 42.4 Å². The van der Waals surface area contributed by atoms with Crippen LogP contribution in [0, 0.1) is 11.7 Å². The Morgan fingerprint density at radius 2 is 2.03 bits per heavy atom. The number of halogens is 1. The number of fused-ring (bicyclic) bond motifs is 2. The van der Waals surface area contributed by atoms with E-state index >= 15 is 0 Å². The molecule has 5 rings (SSSR count). The van der Waals surface area contributed by atoms with Gasteiger partial charge in [0.1, 0.15) is 23.7 Å². The molecule has 2 aromatic heterocycles. The molecule has 1 saturated carbocycles. The molecule has 0 spiro atoms. The van der Waals surface area contributed by atoms with E-state index in [2.05, 4.69) is 20.7 Å². The van der Waals surface area contributed by atoms with Gasteiger partial charge in [-0.2, -0.15) is 5.10 Å². The molecule has 2 amide bonds. The average molecular weight is 451 g/mol. The van der Waals surface area contributed by atoms with Crippen LogP contribution in [-0.2, 0) is 17.8 Å². The van der Waals surface area contributed by atoms with Gasteiger partial charge in [-0.25, -0.2) is 13.9 Å². The Labute approximate surface area is 188 Å². The molecule has 0 radical (unpaired) electrons. The van der Waals surface area contributed by atoms with E-state index in [1.54, 1.807) is 18.2 Å². The number of Topliss-reactive ketones (excluding diaryl/α,β-unsaturated/α-hetero) is 1. The molecule has 2 N–H and O–H groups in total. The van der Waals surface area contributed by atoms with Crippen LogP contribution in [0.1, 0.15) is 51.4 Å². The summed E-state index contributed by atoms with van der Waals surface area (Å²) in [6.07, 6.45) is 4.54. The lowest BCUT2D eigenvalue weighted by atomic mass is 9.85. The lowest BCUT2D eigenvalue weighted by Crippen LogP contribution is -2.34. The molecule has 33 heavy (non-hydrogen) atoms. The van der Waals surface area contributed by atoms with Gasteiger partial charge in [-0.1, -0.05) is 12.5 Å². The molecule has 3 heterocycles. The van der Waals surface area contributed by atoms with Gasteiger partial charge in [0.2, 0.25) is 0 Å². The number of carbonyl (C=O) groups excluding carboxylic acids is 3. The van der Waals surface area contributed by atoms with Gasteiger partial charge in [-0.05, 0) is 36.5 Å². The van der Waals surface area contributed by atoms with Gasteiger partial charge < -0.3 is 15.4 Å². The van der Waals surface area contributed by atoms with Crippen LogP contribution in [0.3, 0.4) is 0 Å². The van der Waals surface area contributed by atoms with Crippen LogP contribution in [0.2, 0.25) is 0 Å². The van der Waals surface area contributed by atoms with Crippen LogP contribution >= 0.6 is 0 Å². The number of nitrogens with one attached hydrogen (secondary N) is 2. The fourth-order valence-corrected chi connectivity index (χ4v) is 3.95. The van der Waals surface area contributed by atoms with Crippen molar-refractivity contribution in [2.45, 2.75) is 32.2 Å². The van der Waals surface area contributed by atoms with E-state index in [1.165, 1.54) is 6.07 Å². The van der Waals surface area contributed by atoms with Crippen molar-refractivity contribution in [2.24, 2.45) is 5.92 Å². The highest BCUT2D eigenvalue weighted by Gasteiger charge is 2.23. The lowest BCUT2D eigenvalue weighted by Gasteiger charge is -2.25. The lowest BCUT2D eigenvalue weighted by molar-refractivity contribution is -0.121. The Hall–Kier alpha value is -3.82. The van der Waals surface area contributed by atoms with Crippen LogP contribution in [0.15, 0.2) is 30.5 Å². The third-order valence-corrected chi connectivity index (χ3v) is 6.02. The first-order valence-electron chi connectivity index (χ1n) is 10.8. The largest absolute Gasteiger partial charge is 0.486 e. The molecule has 0 saturated heterocycles. The van der Waals surface area contributed by atoms with Crippen molar-refractivity contribution in [2.75, 3.05) is 13.2 Å². The topological polar surface area (TPSA) is 115 Å². The van der Waals surface area contributed by atoms with E-state index in [1.807, 2.05) is 0 Å². The zero-order chi connectivity index (χ0) is 22.9. The predicted molar refractivity (Wildman–Crippen MR) is 114 cm³/mol. The standard InChI is InChI=1S/C23H22FN5O4/c24-17-11-27-29-19(23(32)26-9-13-2-1-3-13)8-18(28-21(17)29)22(31)25-10-14-4-5-20-15(6-14)7-16(30)12-33-20/h4-6,8,11,13H,1-3,7,9-10,12H2,(H,25,31)(H,26,32). The Balaban J connectivity index is 1.33. The van der Waals surface area contributed by atoms with E-state index in [4.69, 9.17) is 4.74 Å². The highest BCUT2D eigenvalue weighted by Crippen LogP contribution is 2.26. The minimum Gasteiger partial charge on any atom is -0.486 e. The van der Waals surface area contributed by atoms with Crippen molar-refractivity contribution >= 4 is 23.2 Å². The van der Waals surface area contributed by atoms with Gasteiger partial charge in [-0.3, -0.25) is 14.4 Å². The number of hydrogen-bond acceptors (Lipinski definition) is 6. The van der Waals surface area contributed by atoms with Gasteiger partial charge in [-0.15, -0.1) is 0 Å². The van der Waals surface area contributed by atoms with Crippen LogP contribution in [-0.4, -0.2) is 45.3 Å². The molecule has 0 bridgehead atoms. The quantitative estimate of drug-likeness (QED) is 0.591. The predicted octanol–water partition coefficient (Wildman–Crippen LogP) is 1.83. The highest BCUT2D eigenvalue weighted by atomic mass is 19.1. The molecule has 3 aromatic rings. The van der Waals surface area contributed by atoms with Gasteiger partial charge >= 0.3 is 0 Å². The number of amides is 2. The summed E-state index contributed by atoms with van der Waals surface area (Å²) in [4.78, 5) is 41.2. The van der Waals surface area contributed by atoms with E-state index in [0.717, 1.165) is 41.1 Å². The third-order valence-electron chi connectivity index (χ3n) is 6.02. The normalized spacial score (nSPS) is 15.5. The number of aromatic nitrogens is 3. The first-order valence-corrected chi connectivity index (χ1v) is 10.8. The summed E-state index contributed by atoms with van der Waals surface area (Å²) < 4.78 is 20.7. The molecule has 0 unspecified atom stereocenters. The number of carbonyl (C=O) groups is 3. The van der Waals surface area contributed by atoms with E-state index in [9.17, 15) is 18.8 Å². The first kappa shape index (κ1) is 21.0. The van der Waals surface area contributed by atoms with E-state index in [0.29, 0.717) is 18.2 Å². The Morgan fingerprint density at radius 3 is 2.82 bits per heavy atom. The molecular weight excluding hydrogens is 429 g/mol. The second-order valence-corrected chi connectivity index (χ2v) is 8.39. The minimum absolute atomic E-state index is 0.00728. The molecular formula is C23H22FN5O4. The molecule has 2 aliphatic rings. The van der Waals surface area contributed by atoms with E-state index < -0.39 is 17.6 Å². The zero-order valence-electron chi connectivity index (χ0n) is 17.8. The fourth-order valence-electron chi connectivity index (χ4n) is 3.95. The number of hydrogen-bond donors (Lipinski definition) is 2. The van der Waals surface area contributed by atoms with Crippen molar-refractivity contribution in [3.05, 3.63) is 58.8 Å². The monoisotopic (exact) mass is 451 g/mol. The van der Waals surface area contributed by atoms with Gasteiger partial charge in [0.05, 0.1) is 6.20 Å². The smallest absolute Gasteiger partial charge is 0.270 e. The second kappa shape index (κ2) is 8.61. The summed E-state index contributed by atoms with van der Waals surface area (Å²) in [6.45, 7) is 0.759. The van der Waals surface area contributed by atoms with Crippen molar-refractivity contribution in [1.29, 1.82) is 0 Å². The highest BCUT2D eigenvalue weighted by molar-refractivity contribution is 5.98. The molecule has 1 aliphatic carbocycles. The number of rotatable bonds is 6.